The van der Waals surface area contributed by atoms with E-state index in [0.717, 1.165) is 44.3 Å². The van der Waals surface area contributed by atoms with Crippen molar-refractivity contribution in [1.29, 1.82) is 0 Å². The molecular weight excluding hydrogens is 242 g/mol. The van der Waals surface area contributed by atoms with Gasteiger partial charge in [-0.25, -0.2) is 4.79 Å². The molecule has 0 aromatic rings. The molecule has 19 heavy (non-hydrogen) atoms. The standard InChI is InChI=1S/C15H25NO3/c1-15(2,3)19-14(18)16-8-4-5-12-9-11(10-17)6-7-13(12)16/h11,17H,4-10H2,1-3H3. The second kappa shape index (κ2) is 5.53. The van der Waals surface area contributed by atoms with Gasteiger partial charge in [-0.1, -0.05) is 5.57 Å². The van der Waals surface area contributed by atoms with Gasteiger partial charge in [-0.3, -0.25) is 4.90 Å². The molecule has 2 aliphatic rings. The van der Waals surface area contributed by atoms with Crippen molar-refractivity contribution in [1.82, 2.24) is 4.90 Å². The van der Waals surface area contributed by atoms with Crippen LogP contribution in [0.4, 0.5) is 4.79 Å². The number of rotatable bonds is 1. The number of aliphatic hydroxyl groups excluding tert-OH is 1. The van der Waals surface area contributed by atoms with Gasteiger partial charge < -0.3 is 9.84 Å². The van der Waals surface area contributed by atoms with Gasteiger partial charge in [0.25, 0.3) is 0 Å². The number of carbonyl (C=O) groups excluding carboxylic acids is 1. The Balaban J connectivity index is 2.12. The van der Waals surface area contributed by atoms with Gasteiger partial charge in [0, 0.05) is 18.8 Å². The number of aliphatic hydroxyl groups is 1. The molecule has 0 radical (unpaired) electrons. The van der Waals surface area contributed by atoms with Crippen molar-refractivity contribution >= 4 is 6.09 Å². The van der Waals surface area contributed by atoms with Crippen molar-refractivity contribution < 1.29 is 14.6 Å². The molecule has 4 heteroatoms. The van der Waals surface area contributed by atoms with Crippen molar-refractivity contribution in [2.24, 2.45) is 5.92 Å². The molecular formula is C15H25NO3. The second-order valence-electron chi connectivity index (χ2n) is 6.58. The number of amides is 1. The highest BCUT2D eigenvalue weighted by atomic mass is 16.6. The van der Waals surface area contributed by atoms with Crippen LogP contribution in [0.15, 0.2) is 11.3 Å². The Morgan fingerprint density at radius 2 is 2.16 bits per heavy atom. The molecule has 0 aromatic carbocycles. The molecule has 1 aliphatic carbocycles. The first-order valence-corrected chi connectivity index (χ1v) is 7.23. The van der Waals surface area contributed by atoms with Crippen LogP contribution < -0.4 is 0 Å². The molecule has 4 nitrogen and oxygen atoms in total. The van der Waals surface area contributed by atoms with Crippen LogP contribution in [-0.4, -0.2) is 34.9 Å². The van der Waals surface area contributed by atoms with E-state index in [-0.39, 0.29) is 12.7 Å². The lowest BCUT2D eigenvalue weighted by atomic mass is 9.83. The molecule has 0 saturated heterocycles. The number of ether oxygens (including phenoxy) is 1. The molecule has 0 saturated carbocycles. The first-order chi connectivity index (χ1) is 8.90. The number of hydrogen-bond donors (Lipinski definition) is 1. The predicted octanol–water partition coefficient (Wildman–Crippen LogP) is 3.06. The van der Waals surface area contributed by atoms with Crippen molar-refractivity contribution in [2.45, 2.75) is 58.5 Å². The minimum Gasteiger partial charge on any atom is -0.443 e. The van der Waals surface area contributed by atoms with Crippen LogP contribution >= 0.6 is 0 Å². The van der Waals surface area contributed by atoms with Crippen molar-refractivity contribution in [3.8, 4) is 0 Å². The van der Waals surface area contributed by atoms with Crippen molar-refractivity contribution in [3.63, 3.8) is 0 Å². The molecule has 1 aliphatic heterocycles. The van der Waals surface area contributed by atoms with E-state index in [1.807, 2.05) is 25.7 Å². The van der Waals surface area contributed by atoms with Gasteiger partial charge >= 0.3 is 6.09 Å². The average molecular weight is 267 g/mol. The molecule has 1 N–H and O–H groups in total. The Hall–Kier alpha value is -1.03. The summed E-state index contributed by atoms with van der Waals surface area (Å²) in [7, 11) is 0. The number of nitrogens with zero attached hydrogens (tertiary/aromatic N) is 1. The fourth-order valence-electron chi connectivity index (χ4n) is 2.92. The van der Waals surface area contributed by atoms with E-state index in [1.165, 1.54) is 5.57 Å². The van der Waals surface area contributed by atoms with Gasteiger partial charge in [-0.2, -0.15) is 0 Å². The summed E-state index contributed by atoms with van der Waals surface area (Å²) in [6.07, 6.45) is 4.63. The minimum absolute atomic E-state index is 0.220. The Morgan fingerprint density at radius 3 is 2.79 bits per heavy atom. The third kappa shape index (κ3) is 3.50. The van der Waals surface area contributed by atoms with Crippen LogP contribution in [0.25, 0.3) is 0 Å². The molecule has 0 fully saturated rings. The molecule has 0 bridgehead atoms. The van der Waals surface area contributed by atoms with Gasteiger partial charge in [-0.15, -0.1) is 0 Å². The SMILES string of the molecule is CC(C)(C)OC(=O)N1CCCC2=C1CCC(CO)C2. The lowest BCUT2D eigenvalue weighted by Gasteiger charge is -2.37. The summed E-state index contributed by atoms with van der Waals surface area (Å²) in [6, 6.07) is 0. The second-order valence-corrected chi connectivity index (χ2v) is 6.58. The Labute approximate surface area is 115 Å². The van der Waals surface area contributed by atoms with Crippen LogP contribution in [0, 0.1) is 5.92 Å². The highest BCUT2D eigenvalue weighted by molar-refractivity contribution is 5.71. The van der Waals surface area contributed by atoms with Gasteiger partial charge in [0.15, 0.2) is 0 Å². The Bertz CT molecular complexity index is 381. The molecule has 0 spiro atoms. The summed E-state index contributed by atoms with van der Waals surface area (Å²) in [6.45, 7) is 6.70. The molecule has 1 unspecified atom stereocenters. The molecule has 1 heterocycles. The van der Waals surface area contributed by atoms with Gasteiger partial charge in [0.1, 0.15) is 5.60 Å². The van der Waals surface area contributed by atoms with Crippen LogP contribution in [0.3, 0.4) is 0 Å². The quantitative estimate of drug-likeness (QED) is 0.794. The highest BCUT2D eigenvalue weighted by Gasteiger charge is 2.32. The van der Waals surface area contributed by atoms with Gasteiger partial charge in [0.05, 0.1) is 0 Å². The zero-order chi connectivity index (χ0) is 14.0. The molecule has 2 rings (SSSR count). The van der Waals surface area contributed by atoms with E-state index in [2.05, 4.69) is 0 Å². The Kier molecular flexibility index (Phi) is 4.19. The third-order valence-corrected chi connectivity index (χ3v) is 3.79. The molecule has 108 valence electrons. The van der Waals surface area contributed by atoms with Gasteiger partial charge in [-0.05, 0) is 58.8 Å². The fraction of sp³-hybridized carbons (Fsp3) is 0.800. The molecule has 1 atom stereocenters. The maximum Gasteiger partial charge on any atom is 0.414 e. The maximum atomic E-state index is 12.2. The largest absolute Gasteiger partial charge is 0.443 e. The van der Waals surface area contributed by atoms with E-state index in [1.54, 1.807) is 0 Å². The predicted molar refractivity (Wildman–Crippen MR) is 73.6 cm³/mol. The van der Waals surface area contributed by atoms with Crippen LogP contribution in [0.2, 0.25) is 0 Å². The highest BCUT2D eigenvalue weighted by Crippen LogP contribution is 2.37. The monoisotopic (exact) mass is 267 g/mol. The first-order valence-electron chi connectivity index (χ1n) is 7.23. The molecule has 1 amide bonds. The summed E-state index contributed by atoms with van der Waals surface area (Å²) in [5, 5.41) is 9.28. The maximum absolute atomic E-state index is 12.2. The zero-order valence-electron chi connectivity index (χ0n) is 12.2. The topological polar surface area (TPSA) is 49.8 Å². The van der Waals surface area contributed by atoms with E-state index in [4.69, 9.17) is 4.74 Å². The van der Waals surface area contributed by atoms with E-state index < -0.39 is 5.60 Å². The van der Waals surface area contributed by atoms with Crippen LogP contribution in [0.5, 0.6) is 0 Å². The van der Waals surface area contributed by atoms with Crippen LogP contribution in [-0.2, 0) is 4.74 Å². The first kappa shape index (κ1) is 14.4. The summed E-state index contributed by atoms with van der Waals surface area (Å²) in [4.78, 5) is 14.1. The van der Waals surface area contributed by atoms with Gasteiger partial charge in [0.2, 0.25) is 0 Å². The summed E-state index contributed by atoms with van der Waals surface area (Å²) in [5.74, 6) is 0.373. The minimum atomic E-state index is -0.447. The third-order valence-electron chi connectivity index (χ3n) is 3.79. The fourth-order valence-corrected chi connectivity index (χ4v) is 2.92. The van der Waals surface area contributed by atoms with E-state index in [9.17, 15) is 9.90 Å². The number of hydrogen-bond acceptors (Lipinski definition) is 3. The lowest BCUT2D eigenvalue weighted by molar-refractivity contribution is 0.0282. The number of carbonyl (C=O) groups is 1. The Morgan fingerprint density at radius 1 is 1.42 bits per heavy atom. The zero-order valence-corrected chi connectivity index (χ0v) is 12.2. The average Bonchev–Trinajstić information content (AvgIpc) is 2.35. The summed E-state index contributed by atoms with van der Waals surface area (Å²) in [5.41, 5.74) is 2.06. The van der Waals surface area contributed by atoms with Crippen molar-refractivity contribution in [3.05, 3.63) is 11.3 Å². The van der Waals surface area contributed by atoms with Crippen molar-refractivity contribution in [2.75, 3.05) is 13.2 Å². The van der Waals surface area contributed by atoms with E-state index >= 15 is 0 Å². The summed E-state index contributed by atoms with van der Waals surface area (Å²) < 4.78 is 5.48. The van der Waals surface area contributed by atoms with Crippen LogP contribution in [0.1, 0.15) is 52.9 Å². The van der Waals surface area contributed by atoms with E-state index in [0.29, 0.717) is 5.92 Å². The summed E-state index contributed by atoms with van der Waals surface area (Å²) >= 11 is 0. The molecule has 0 aromatic heterocycles. The smallest absolute Gasteiger partial charge is 0.414 e. The number of allylic oxidation sites excluding steroid dienone is 2. The lowest BCUT2D eigenvalue weighted by Crippen LogP contribution is -2.40. The normalized spacial score (nSPS) is 24.2.